The molecule has 0 N–H and O–H groups in total. The Kier molecular flexibility index (Phi) is 3.09. The molecule has 0 radical (unpaired) electrons. The maximum Gasteiger partial charge on any atom is 0.0113 e. The first-order chi connectivity index (χ1) is 6.97. The van der Waals surface area contributed by atoms with E-state index in [2.05, 4.69) is 37.6 Å². The third-order valence-electron chi connectivity index (χ3n) is 4.39. The van der Waals surface area contributed by atoms with Gasteiger partial charge in [0.2, 0.25) is 0 Å². The normalized spacial score (nSPS) is 35.2. The number of rotatable bonds is 1. The van der Waals surface area contributed by atoms with Gasteiger partial charge in [-0.15, -0.1) is 0 Å². The Balaban J connectivity index is 1.75. The fraction of sp³-hybridized carbons (Fsp3) is 1.00. The molecule has 2 nitrogen and oxygen atoms in total. The number of likely N-dealkylation sites (N-methyl/N-ethyl adjacent to an activating group) is 1. The molecule has 1 saturated carbocycles. The average molecular weight is 210 g/mol. The summed E-state index contributed by atoms with van der Waals surface area (Å²) in [4.78, 5) is 5.15. The molecule has 2 fully saturated rings. The summed E-state index contributed by atoms with van der Waals surface area (Å²) in [5.41, 5.74) is 0.531. The maximum atomic E-state index is 2.71. The zero-order valence-corrected chi connectivity index (χ0v) is 10.8. The highest BCUT2D eigenvalue weighted by Crippen LogP contribution is 2.43. The number of nitrogens with zero attached hydrogens (tertiary/aromatic N) is 2. The van der Waals surface area contributed by atoms with Crippen molar-refractivity contribution in [2.45, 2.75) is 39.7 Å². The summed E-state index contributed by atoms with van der Waals surface area (Å²) in [6, 6.07) is 0.905. The van der Waals surface area contributed by atoms with Crippen LogP contribution in [0.15, 0.2) is 0 Å². The fourth-order valence-electron chi connectivity index (χ4n) is 2.78. The summed E-state index contributed by atoms with van der Waals surface area (Å²) in [7, 11) is 2.23. The van der Waals surface area contributed by atoms with Crippen LogP contribution in [0.2, 0.25) is 0 Å². The highest BCUT2D eigenvalue weighted by molar-refractivity contribution is 4.93. The highest BCUT2D eigenvalue weighted by Gasteiger charge is 2.40. The van der Waals surface area contributed by atoms with Crippen LogP contribution in [0.1, 0.15) is 33.6 Å². The van der Waals surface area contributed by atoms with Crippen LogP contribution in [0.4, 0.5) is 0 Å². The molecule has 0 unspecified atom stereocenters. The molecule has 2 rings (SSSR count). The molecular weight excluding hydrogens is 184 g/mol. The second-order valence-corrected chi connectivity index (χ2v) is 6.53. The van der Waals surface area contributed by atoms with E-state index in [1.165, 1.54) is 39.0 Å². The molecule has 0 spiro atoms. The Hall–Kier alpha value is -0.0800. The van der Waals surface area contributed by atoms with Crippen molar-refractivity contribution in [3.05, 3.63) is 0 Å². The summed E-state index contributed by atoms with van der Waals surface area (Å²) in [6.45, 7) is 12.3. The van der Waals surface area contributed by atoms with Crippen molar-refractivity contribution in [1.29, 1.82) is 0 Å². The van der Waals surface area contributed by atoms with Gasteiger partial charge in [-0.2, -0.15) is 0 Å². The summed E-state index contributed by atoms with van der Waals surface area (Å²) in [5.74, 6) is 0.960. The van der Waals surface area contributed by atoms with Crippen molar-refractivity contribution in [2.75, 3.05) is 33.2 Å². The molecule has 1 saturated heterocycles. The largest absolute Gasteiger partial charge is 0.304 e. The van der Waals surface area contributed by atoms with Crippen LogP contribution < -0.4 is 0 Å². The van der Waals surface area contributed by atoms with Gasteiger partial charge in [0.05, 0.1) is 0 Å². The molecule has 2 aliphatic rings. The number of hydrogen-bond donors (Lipinski definition) is 0. The predicted molar refractivity (Wildman–Crippen MR) is 65.0 cm³/mol. The van der Waals surface area contributed by atoms with E-state index < -0.39 is 0 Å². The van der Waals surface area contributed by atoms with E-state index >= 15 is 0 Å². The first-order valence-electron chi connectivity index (χ1n) is 6.39. The van der Waals surface area contributed by atoms with Crippen molar-refractivity contribution in [3.63, 3.8) is 0 Å². The van der Waals surface area contributed by atoms with E-state index in [0.717, 1.165) is 12.0 Å². The molecule has 2 heteroatoms. The van der Waals surface area contributed by atoms with Gasteiger partial charge in [0, 0.05) is 32.2 Å². The van der Waals surface area contributed by atoms with Crippen LogP contribution in [0.25, 0.3) is 0 Å². The standard InChI is InChI=1S/C13H26N2/c1-13(2,3)11-9-12(10-11)15-7-5-14(4)6-8-15/h11-12H,5-10H2,1-4H3. The van der Waals surface area contributed by atoms with Gasteiger partial charge < -0.3 is 4.90 Å². The van der Waals surface area contributed by atoms with Gasteiger partial charge in [0.25, 0.3) is 0 Å². The molecular formula is C13H26N2. The van der Waals surface area contributed by atoms with Crippen molar-refractivity contribution in [1.82, 2.24) is 9.80 Å². The zero-order valence-electron chi connectivity index (χ0n) is 10.8. The van der Waals surface area contributed by atoms with Gasteiger partial charge in [-0.3, -0.25) is 4.90 Å². The molecule has 0 atom stereocenters. The van der Waals surface area contributed by atoms with Gasteiger partial charge >= 0.3 is 0 Å². The lowest BCUT2D eigenvalue weighted by atomic mass is 9.65. The van der Waals surface area contributed by atoms with E-state index in [-0.39, 0.29) is 0 Å². The van der Waals surface area contributed by atoms with Crippen LogP contribution in [0.5, 0.6) is 0 Å². The minimum Gasteiger partial charge on any atom is -0.304 e. The van der Waals surface area contributed by atoms with E-state index in [9.17, 15) is 0 Å². The van der Waals surface area contributed by atoms with E-state index in [1.54, 1.807) is 0 Å². The topological polar surface area (TPSA) is 6.48 Å². The van der Waals surface area contributed by atoms with Gasteiger partial charge in [-0.25, -0.2) is 0 Å². The van der Waals surface area contributed by atoms with E-state index in [1.807, 2.05) is 0 Å². The monoisotopic (exact) mass is 210 g/mol. The third-order valence-corrected chi connectivity index (χ3v) is 4.39. The van der Waals surface area contributed by atoms with Crippen LogP contribution in [-0.4, -0.2) is 49.1 Å². The molecule has 0 aromatic rings. The lowest BCUT2D eigenvalue weighted by Gasteiger charge is -2.50. The molecule has 88 valence electrons. The quantitative estimate of drug-likeness (QED) is 0.653. The van der Waals surface area contributed by atoms with Crippen molar-refractivity contribution < 1.29 is 0 Å². The molecule has 1 aliphatic carbocycles. The van der Waals surface area contributed by atoms with Crippen LogP contribution in [-0.2, 0) is 0 Å². The highest BCUT2D eigenvalue weighted by atomic mass is 15.3. The molecule has 0 aromatic carbocycles. The van der Waals surface area contributed by atoms with Crippen molar-refractivity contribution in [2.24, 2.45) is 11.3 Å². The summed E-state index contributed by atoms with van der Waals surface area (Å²) < 4.78 is 0. The second-order valence-electron chi connectivity index (χ2n) is 6.53. The first-order valence-corrected chi connectivity index (χ1v) is 6.39. The Labute approximate surface area is 94.6 Å². The maximum absolute atomic E-state index is 2.71. The Morgan fingerprint density at radius 1 is 0.933 bits per heavy atom. The third kappa shape index (κ3) is 2.54. The number of piperazine rings is 1. The van der Waals surface area contributed by atoms with Crippen molar-refractivity contribution in [3.8, 4) is 0 Å². The van der Waals surface area contributed by atoms with Crippen LogP contribution in [0, 0.1) is 11.3 Å². The molecule has 0 bridgehead atoms. The van der Waals surface area contributed by atoms with Gasteiger partial charge in [-0.05, 0) is 31.2 Å². The van der Waals surface area contributed by atoms with Crippen LogP contribution >= 0.6 is 0 Å². The van der Waals surface area contributed by atoms with Gasteiger partial charge in [0.15, 0.2) is 0 Å². The Bertz CT molecular complexity index is 205. The number of hydrogen-bond acceptors (Lipinski definition) is 2. The SMILES string of the molecule is CN1CCN(C2CC(C(C)(C)C)C2)CC1. The van der Waals surface area contributed by atoms with E-state index in [0.29, 0.717) is 5.41 Å². The predicted octanol–water partition coefficient (Wildman–Crippen LogP) is 2.06. The average Bonchev–Trinajstić information content (AvgIpc) is 2.03. The molecule has 0 amide bonds. The summed E-state index contributed by atoms with van der Waals surface area (Å²) in [5, 5.41) is 0. The van der Waals surface area contributed by atoms with Crippen LogP contribution in [0.3, 0.4) is 0 Å². The summed E-state index contributed by atoms with van der Waals surface area (Å²) in [6.07, 6.45) is 2.88. The first kappa shape index (κ1) is 11.4. The minimum absolute atomic E-state index is 0.531. The lowest BCUT2D eigenvalue weighted by Crippen LogP contribution is -2.54. The smallest absolute Gasteiger partial charge is 0.0113 e. The minimum atomic E-state index is 0.531. The van der Waals surface area contributed by atoms with E-state index in [4.69, 9.17) is 0 Å². The Morgan fingerprint density at radius 3 is 1.93 bits per heavy atom. The Morgan fingerprint density at radius 2 is 1.47 bits per heavy atom. The molecule has 15 heavy (non-hydrogen) atoms. The van der Waals surface area contributed by atoms with Gasteiger partial charge in [0.1, 0.15) is 0 Å². The molecule has 1 heterocycles. The van der Waals surface area contributed by atoms with Gasteiger partial charge in [-0.1, -0.05) is 20.8 Å². The summed E-state index contributed by atoms with van der Waals surface area (Å²) >= 11 is 0. The zero-order chi connectivity index (χ0) is 11.1. The molecule has 0 aromatic heterocycles. The second kappa shape index (κ2) is 4.06. The molecule has 1 aliphatic heterocycles. The lowest BCUT2D eigenvalue weighted by molar-refractivity contribution is 0.0000290. The fourth-order valence-corrected chi connectivity index (χ4v) is 2.78. The van der Waals surface area contributed by atoms with Crippen molar-refractivity contribution >= 4 is 0 Å².